The monoisotopic (exact) mass is 282 g/mol. The summed E-state index contributed by atoms with van der Waals surface area (Å²) in [5.41, 5.74) is 7.06. The third-order valence-corrected chi connectivity index (χ3v) is 3.61. The van der Waals surface area contributed by atoms with Crippen LogP contribution in [0.1, 0.15) is 6.42 Å². The molecule has 1 amide bonds. The van der Waals surface area contributed by atoms with Crippen molar-refractivity contribution in [3.8, 4) is 5.75 Å². The van der Waals surface area contributed by atoms with E-state index in [-0.39, 0.29) is 18.5 Å². The fraction of sp³-hybridized carbons (Fsp3) is 0.333. The first-order chi connectivity index (χ1) is 9.10. The van der Waals surface area contributed by atoms with Gasteiger partial charge >= 0.3 is 5.97 Å². The summed E-state index contributed by atoms with van der Waals surface area (Å²) in [4.78, 5) is 23.0. The number of nitrogens with one attached hydrogen (secondary N) is 1. The molecular formula is C12H14N2O4S. The zero-order valence-electron chi connectivity index (χ0n) is 10.4. The Balaban J connectivity index is 2.07. The van der Waals surface area contributed by atoms with Gasteiger partial charge in [-0.1, -0.05) is 0 Å². The van der Waals surface area contributed by atoms with Crippen molar-refractivity contribution < 1.29 is 19.1 Å². The van der Waals surface area contributed by atoms with Gasteiger partial charge in [0.15, 0.2) is 6.61 Å². The summed E-state index contributed by atoms with van der Waals surface area (Å²) >= 11 is 1.43. The molecule has 0 spiro atoms. The molecular weight excluding hydrogens is 268 g/mol. The van der Waals surface area contributed by atoms with E-state index in [1.54, 1.807) is 12.1 Å². The van der Waals surface area contributed by atoms with Crippen LogP contribution in [0.5, 0.6) is 5.75 Å². The average molecular weight is 282 g/mol. The largest absolute Gasteiger partial charge is 0.482 e. The molecule has 0 saturated carbocycles. The van der Waals surface area contributed by atoms with Gasteiger partial charge in [0, 0.05) is 22.4 Å². The molecule has 0 radical (unpaired) electrons. The van der Waals surface area contributed by atoms with E-state index in [0.717, 1.165) is 4.90 Å². The summed E-state index contributed by atoms with van der Waals surface area (Å²) in [6.07, 6.45) is 0.306. The van der Waals surface area contributed by atoms with Gasteiger partial charge < -0.3 is 20.5 Å². The number of esters is 1. The third kappa shape index (κ3) is 3.31. The topological polar surface area (TPSA) is 90.7 Å². The Morgan fingerprint density at radius 1 is 1.58 bits per heavy atom. The van der Waals surface area contributed by atoms with E-state index in [4.69, 9.17) is 10.5 Å². The number of fused-ring (bicyclic) bond motifs is 1. The number of hydrogen-bond acceptors (Lipinski definition) is 6. The SMILES string of the molecule is COC(=O)CCSc1cc2c(cc1N)OCC(=O)N2. The fourth-order valence-corrected chi connectivity index (χ4v) is 2.51. The number of carbonyl (C=O) groups excluding carboxylic acids is 2. The van der Waals surface area contributed by atoms with Crippen LogP contribution in [0.2, 0.25) is 0 Å². The quantitative estimate of drug-likeness (QED) is 0.491. The lowest BCUT2D eigenvalue weighted by molar-refractivity contribution is -0.140. The number of hydrogen-bond donors (Lipinski definition) is 2. The second-order valence-electron chi connectivity index (χ2n) is 3.90. The van der Waals surface area contributed by atoms with Gasteiger partial charge in [-0.25, -0.2) is 0 Å². The van der Waals surface area contributed by atoms with E-state index in [2.05, 4.69) is 10.1 Å². The molecule has 1 aromatic rings. The molecule has 1 heterocycles. The van der Waals surface area contributed by atoms with E-state index in [0.29, 0.717) is 29.3 Å². The first-order valence-electron chi connectivity index (χ1n) is 5.66. The van der Waals surface area contributed by atoms with Gasteiger partial charge in [-0.2, -0.15) is 0 Å². The molecule has 7 heteroatoms. The smallest absolute Gasteiger partial charge is 0.306 e. The number of thioether (sulfide) groups is 1. The van der Waals surface area contributed by atoms with Crippen LogP contribution < -0.4 is 15.8 Å². The second kappa shape index (κ2) is 5.83. The normalized spacial score (nSPS) is 13.2. The minimum atomic E-state index is -0.263. The van der Waals surface area contributed by atoms with Crippen LogP contribution in [-0.2, 0) is 14.3 Å². The molecule has 0 aromatic heterocycles. The van der Waals surface area contributed by atoms with E-state index in [1.807, 2.05) is 0 Å². The lowest BCUT2D eigenvalue weighted by Crippen LogP contribution is -2.25. The average Bonchev–Trinajstić information content (AvgIpc) is 2.39. The van der Waals surface area contributed by atoms with E-state index in [1.165, 1.54) is 18.9 Å². The Kier molecular flexibility index (Phi) is 4.16. The van der Waals surface area contributed by atoms with Crippen LogP contribution in [0.25, 0.3) is 0 Å². The first-order valence-corrected chi connectivity index (χ1v) is 6.64. The molecule has 0 fully saturated rings. The van der Waals surface area contributed by atoms with Crippen molar-refractivity contribution in [2.75, 3.05) is 30.5 Å². The lowest BCUT2D eigenvalue weighted by Gasteiger charge is -2.19. The Morgan fingerprint density at radius 2 is 2.37 bits per heavy atom. The Morgan fingerprint density at radius 3 is 3.11 bits per heavy atom. The maximum atomic E-state index is 11.2. The van der Waals surface area contributed by atoms with Crippen molar-refractivity contribution in [1.82, 2.24) is 0 Å². The third-order valence-electron chi connectivity index (χ3n) is 2.54. The number of anilines is 2. The van der Waals surface area contributed by atoms with Gasteiger partial charge in [0.1, 0.15) is 5.75 Å². The maximum Gasteiger partial charge on any atom is 0.306 e. The van der Waals surface area contributed by atoms with Crippen molar-refractivity contribution in [2.45, 2.75) is 11.3 Å². The van der Waals surface area contributed by atoms with E-state index in [9.17, 15) is 9.59 Å². The van der Waals surface area contributed by atoms with Crippen molar-refractivity contribution >= 4 is 35.0 Å². The number of benzene rings is 1. The predicted molar refractivity (Wildman–Crippen MR) is 72.3 cm³/mol. The molecule has 1 aliphatic heterocycles. The molecule has 0 bridgehead atoms. The van der Waals surface area contributed by atoms with Gasteiger partial charge in [0.25, 0.3) is 5.91 Å². The lowest BCUT2D eigenvalue weighted by atomic mass is 10.2. The summed E-state index contributed by atoms with van der Waals surface area (Å²) < 4.78 is 9.82. The molecule has 0 atom stereocenters. The maximum absolute atomic E-state index is 11.2. The Hall–Kier alpha value is -1.89. The van der Waals surface area contributed by atoms with Crippen LogP contribution >= 0.6 is 11.8 Å². The number of amides is 1. The Labute approximate surface area is 114 Å². The molecule has 102 valence electrons. The minimum absolute atomic E-state index is 0.00126. The highest BCUT2D eigenvalue weighted by molar-refractivity contribution is 7.99. The summed E-state index contributed by atoms with van der Waals surface area (Å²) in [5.74, 6) is 0.669. The van der Waals surface area contributed by atoms with Gasteiger partial charge in [0.05, 0.1) is 19.2 Å². The number of carbonyl (C=O) groups is 2. The minimum Gasteiger partial charge on any atom is -0.482 e. The van der Waals surface area contributed by atoms with E-state index < -0.39 is 0 Å². The van der Waals surface area contributed by atoms with Crippen LogP contribution in [0.15, 0.2) is 17.0 Å². The summed E-state index contributed by atoms with van der Waals surface area (Å²) in [7, 11) is 1.35. The van der Waals surface area contributed by atoms with Crippen molar-refractivity contribution in [1.29, 1.82) is 0 Å². The molecule has 1 aliphatic rings. The van der Waals surface area contributed by atoms with Crippen LogP contribution in [0, 0.1) is 0 Å². The molecule has 0 unspecified atom stereocenters. The van der Waals surface area contributed by atoms with Crippen LogP contribution in [0.3, 0.4) is 0 Å². The zero-order chi connectivity index (χ0) is 13.8. The van der Waals surface area contributed by atoms with Crippen molar-refractivity contribution in [2.24, 2.45) is 0 Å². The zero-order valence-corrected chi connectivity index (χ0v) is 11.2. The molecule has 2 rings (SSSR count). The number of nitrogens with two attached hydrogens (primary N) is 1. The highest BCUT2D eigenvalue weighted by Gasteiger charge is 2.18. The first kappa shape index (κ1) is 13.5. The summed E-state index contributed by atoms with van der Waals surface area (Å²) in [6, 6.07) is 3.43. The molecule has 19 heavy (non-hydrogen) atoms. The second-order valence-corrected chi connectivity index (χ2v) is 5.03. The summed E-state index contributed by atoms with van der Waals surface area (Å²) in [5, 5.41) is 2.71. The van der Waals surface area contributed by atoms with E-state index >= 15 is 0 Å². The van der Waals surface area contributed by atoms with Gasteiger partial charge in [-0.05, 0) is 6.07 Å². The molecule has 1 aromatic carbocycles. The molecule has 0 saturated heterocycles. The number of methoxy groups -OCH3 is 1. The van der Waals surface area contributed by atoms with Gasteiger partial charge in [-0.3, -0.25) is 9.59 Å². The van der Waals surface area contributed by atoms with Crippen LogP contribution in [0.4, 0.5) is 11.4 Å². The fourth-order valence-electron chi connectivity index (χ4n) is 1.59. The molecule has 0 aliphatic carbocycles. The van der Waals surface area contributed by atoms with Crippen molar-refractivity contribution in [3.05, 3.63) is 12.1 Å². The Bertz CT molecular complexity index is 519. The predicted octanol–water partition coefficient (Wildman–Crippen LogP) is 1.25. The van der Waals surface area contributed by atoms with Gasteiger partial charge in [-0.15, -0.1) is 11.8 Å². The van der Waals surface area contributed by atoms with Crippen LogP contribution in [-0.4, -0.2) is 31.3 Å². The molecule has 3 N–H and O–H groups in total. The summed E-state index contributed by atoms with van der Waals surface area (Å²) in [6.45, 7) is 0.00126. The number of nitrogen functional groups attached to an aromatic ring is 1. The van der Waals surface area contributed by atoms with Crippen molar-refractivity contribution in [3.63, 3.8) is 0 Å². The number of rotatable bonds is 4. The highest BCUT2D eigenvalue weighted by Crippen LogP contribution is 2.37. The van der Waals surface area contributed by atoms with Gasteiger partial charge in [0.2, 0.25) is 0 Å². The molecule has 6 nitrogen and oxygen atoms in total. The standard InChI is InChI=1S/C12H14N2O4S/c1-17-12(16)2-3-19-10-5-8-9(4-7(10)13)18-6-11(15)14-8/h4-5H,2-3,6,13H2,1H3,(H,14,15). The number of ether oxygens (including phenoxy) is 2. The highest BCUT2D eigenvalue weighted by atomic mass is 32.2.